The second kappa shape index (κ2) is 5.67. The molecule has 0 bridgehead atoms. The summed E-state index contributed by atoms with van der Waals surface area (Å²) in [5, 5.41) is 1.15. The standard InChI is InChI=1S/C14H14N2O2S/c1-12-11-15-9-7-14(12)16-19(17,18)10-8-13-5-3-2-4-6-13/h2-11H,1H3,(H,15,16)/b10-8+. The van der Waals surface area contributed by atoms with Crippen LogP contribution >= 0.6 is 0 Å². The molecule has 1 aromatic carbocycles. The fraction of sp³-hybridized carbons (Fsp3) is 0.0714. The van der Waals surface area contributed by atoms with E-state index >= 15 is 0 Å². The largest absolute Gasteiger partial charge is 0.280 e. The fourth-order valence-corrected chi connectivity index (χ4v) is 2.45. The third kappa shape index (κ3) is 3.93. The molecule has 0 saturated carbocycles. The minimum atomic E-state index is -3.51. The highest BCUT2D eigenvalue weighted by Gasteiger charge is 2.07. The van der Waals surface area contributed by atoms with Crippen LogP contribution in [0.5, 0.6) is 0 Å². The predicted octanol–water partition coefficient (Wildman–Crippen LogP) is 2.80. The summed E-state index contributed by atoms with van der Waals surface area (Å²) in [4.78, 5) is 3.92. The Bertz CT molecular complexity index is 680. The zero-order valence-electron chi connectivity index (χ0n) is 10.4. The molecule has 0 spiro atoms. The highest BCUT2D eigenvalue weighted by Crippen LogP contribution is 2.14. The Hall–Kier alpha value is -2.14. The van der Waals surface area contributed by atoms with Crippen LogP contribution in [0, 0.1) is 6.92 Å². The van der Waals surface area contributed by atoms with E-state index in [1.165, 1.54) is 0 Å². The molecule has 0 radical (unpaired) electrons. The molecule has 0 fully saturated rings. The van der Waals surface area contributed by atoms with E-state index in [2.05, 4.69) is 9.71 Å². The van der Waals surface area contributed by atoms with Crippen molar-refractivity contribution >= 4 is 21.8 Å². The molecule has 0 aliphatic rings. The number of rotatable bonds is 4. The van der Waals surface area contributed by atoms with Gasteiger partial charge in [-0.2, -0.15) is 0 Å². The van der Waals surface area contributed by atoms with E-state index in [0.29, 0.717) is 5.69 Å². The van der Waals surface area contributed by atoms with Gasteiger partial charge in [0, 0.05) is 12.4 Å². The maximum absolute atomic E-state index is 11.9. The van der Waals surface area contributed by atoms with E-state index in [-0.39, 0.29) is 0 Å². The van der Waals surface area contributed by atoms with Crippen molar-refractivity contribution in [2.45, 2.75) is 6.92 Å². The average molecular weight is 274 g/mol. The Morgan fingerprint density at radius 3 is 2.58 bits per heavy atom. The lowest BCUT2D eigenvalue weighted by molar-refractivity contribution is 0.609. The van der Waals surface area contributed by atoms with Crippen molar-refractivity contribution in [2.75, 3.05) is 4.72 Å². The molecule has 0 atom stereocenters. The monoisotopic (exact) mass is 274 g/mol. The van der Waals surface area contributed by atoms with Gasteiger partial charge in [0.05, 0.1) is 11.1 Å². The molecule has 1 aromatic heterocycles. The first-order valence-electron chi connectivity index (χ1n) is 5.73. The van der Waals surface area contributed by atoms with Gasteiger partial charge in [0.15, 0.2) is 0 Å². The highest BCUT2D eigenvalue weighted by molar-refractivity contribution is 7.95. The van der Waals surface area contributed by atoms with Gasteiger partial charge >= 0.3 is 0 Å². The molecular formula is C14H14N2O2S. The van der Waals surface area contributed by atoms with E-state index in [9.17, 15) is 8.42 Å². The van der Waals surface area contributed by atoms with Crippen molar-refractivity contribution in [1.29, 1.82) is 0 Å². The molecule has 2 rings (SSSR count). The molecule has 0 aliphatic heterocycles. The van der Waals surface area contributed by atoms with Crippen molar-refractivity contribution in [1.82, 2.24) is 4.98 Å². The SMILES string of the molecule is Cc1cnccc1NS(=O)(=O)/C=C/c1ccccc1. The molecule has 5 heteroatoms. The van der Waals surface area contributed by atoms with Gasteiger partial charge in [-0.3, -0.25) is 9.71 Å². The Morgan fingerprint density at radius 2 is 1.89 bits per heavy atom. The van der Waals surface area contributed by atoms with Crippen LogP contribution in [0.25, 0.3) is 6.08 Å². The molecule has 0 saturated heterocycles. The number of nitrogens with zero attached hydrogens (tertiary/aromatic N) is 1. The summed E-state index contributed by atoms with van der Waals surface area (Å²) in [5.41, 5.74) is 2.14. The molecule has 0 aliphatic carbocycles. The lowest BCUT2D eigenvalue weighted by atomic mass is 10.2. The molecule has 0 unspecified atom stereocenters. The summed E-state index contributed by atoms with van der Waals surface area (Å²) in [5.74, 6) is 0. The van der Waals surface area contributed by atoms with Crippen molar-refractivity contribution in [3.8, 4) is 0 Å². The van der Waals surface area contributed by atoms with Gasteiger partial charge in [0.2, 0.25) is 0 Å². The minimum absolute atomic E-state index is 0.535. The number of hydrogen-bond donors (Lipinski definition) is 1. The predicted molar refractivity (Wildman–Crippen MR) is 77.0 cm³/mol. The average Bonchev–Trinajstić information content (AvgIpc) is 2.40. The van der Waals surface area contributed by atoms with Gasteiger partial charge in [-0.25, -0.2) is 8.42 Å². The first kappa shape index (κ1) is 13.3. The molecule has 2 aromatic rings. The quantitative estimate of drug-likeness (QED) is 0.932. The number of sulfonamides is 1. The van der Waals surface area contributed by atoms with Crippen molar-refractivity contribution in [2.24, 2.45) is 0 Å². The number of hydrogen-bond acceptors (Lipinski definition) is 3. The summed E-state index contributed by atoms with van der Waals surface area (Å²) in [6, 6.07) is 10.9. The Morgan fingerprint density at radius 1 is 1.16 bits per heavy atom. The normalized spacial score (nSPS) is 11.6. The Kier molecular flexibility index (Phi) is 3.97. The zero-order valence-corrected chi connectivity index (χ0v) is 11.3. The smallest absolute Gasteiger partial charge is 0.255 e. The van der Waals surface area contributed by atoms with Gasteiger partial charge in [-0.05, 0) is 30.2 Å². The Balaban J connectivity index is 2.16. The maximum atomic E-state index is 11.9. The van der Waals surface area contributed by atoms with E-state index in [4.69, 9.17) is 0 Å². The molecule has 19 heavy (non-hydrogen) atoms. The second-order valence-electron chi connectivity index (χ2n) is 4.05. The number of pyridine rings is 1. The van der Waals surface area contributed by atoms with Crippen LogP contribution in [-0.2, 0) is 10.0 Å². The number of benzene rings is 1. The van der Waals surface area contributed by atoms with Crippen LogP contribution in [0.15, 0.2) is 54.2 Å². The van der Waals surface area contributed by atoms with Crippen molar-refractivity contribution in [3.63, 3.8) is 0 Å². The third-order valence-electron chi connectivity index (χ3n) is 2.51. The van der Waals surface area contributed by atoms with E-state index < -0.39 is 10.0 Å². The maximum Gasteiger partial charge on any atom is 0.255 e. The molecule has 1 N–H and O–H groups in total. The number of aryl methyl sites for hydroxylation is 1. The molecule has 0 amide bonds. The summed E-state index contributed by atoms with van der Waals surface area (Å²) in [7, 11) is -3.51. The van der Waals surface area contributed by atoms with Crippen LogP contribution in [0.2, 0.25) is 0 Å². The number of nitrogens with one attached hydrogen (secondary N) is 1. The zero-order chi connectivity index (χ0) is 13.7. The van der Waals surface area contributed by atoms with Gasteiger partial charge in [-0.1, -0.05) is 30.3 Å². The van der Waals surface area contributed by atoms with Gasteiger partial charge in [0.25, 0.3) is 10.0 Å². The van der Waals surface area contributed by atoms with Crippen molar-refractivity contribution < 1.29 is 8.42 Å². The summed E-state index contributed by atoms with van der Waals surface area (Å²) < 4.78 is 26.3. The minimum Gasteiger partial charge on any atom is -0.280 e. The van der Waals surface area contributed by atoms with Crippen LogP contribution in [0.1, 0.15) is 11.1 Å². The van der Waals surface area contributed by atoms with E-state index in [1.54, 1.807) is 31.5 Å². The fourth-order valence-electron chi connectivity index (χ4n) is 1.51. The van der Waals surface area contributed by atoms with Crippen molar-refractivity contribution in [3.05, 3.63) is 65.3 Å². The number of aromatic nitrogens is 1. The summed E-state index contributed by atoms with van der Waals surface area (Å²) >= 11 is 0. The molecular weight excluding hydrogens is 260 g/mol. The van der Waals surface area contributed by atoms with Crippen LogP contribution in [0.3, 0.4) is 0 Å². The molecule has 1 heterocycles. The van der Waals surface area contributed by atoms with Crippen LogP contribution in [-0.4, -0.2) is 13.4 Å². The Labute approximate surface area is 112 Å². The lowest BCUT2D eigenvalue weighted by Crippen LogP contribution is -2.09. The second-order valence-corrected chi connectivity index (χ2v) is 5.62. The van der Waals surface area contributed by atoms with Gasteiger partial charge in [0.1, 0.15) is 0 Å². The molecule has 4 nitrogen and oxygen atoms in total. The third-order valence-corrected chi connectivity index (χ3v) is 3.51. The number of anilines is 1. The highest BCUT2D eigenvalue weighted by atomic mass is 32.2. The summed E-state index contributed by atoms with van der Waals surface area (Å²) in [6.45, 7) is 1.80. The van der Waals surface area contributed by atoms with Crippen LogP contribution < -0.4 is 4.72 Å². The molecule has 98 valence electrons. The van der Waals surface area contributed by atoms with E-state index in [0.717, 1.165) is 16.5 Å². The van der Waals surface area contributed by atoms with Crippen LogP contribution in [0.4, 0.5) is 5.69 Å². The first-order chi connectivity index (χ1) is 9.07. The van der Waals surface area contributed by atoms with E-state index in [1.807, 2.05) is 30.3 Å². The summed E-state index contributed by atoms with van der Waals surface area (Å²) in [6.07, 6.45) is 4.71. The lowest BCUT2D eigenvalue weighted by Gasteiger charge is -2.06. The first-order valence-corrected chi connectivity index (χ1v) is 7.28. The topological polar surface area (TPSA) is 59.1 Å². The van der Waals surface area contributed by atoms with Gasteiger partial charge < -0.3 is 0 Å². The van der Waals surface area contributed by atoms with Gasteiger partial charge in [-0.15, -0.1) is 0 Å².